The molecule has 0 spiro atoms. The molecule has 0 bridgehead atoms. The molecular formula is C15H21NO4S. The van der Waals surface area contributed by atoms with Crippen LogP contribution in [0.4, 0.5) is 0 Å². The average molecular weight is 311 g/mol. The fourth-order valence-corrected chi connectivity index (χ4v) is 3.67. The molecule has 2 rings (SSSR count). The van der Waals surface area contributed by atoms with E-state index in [2.05, 4.69) is 12.2 Å². The monoisotopic (exact) mass is 311 g/mol. The Hall–Kier alpha value is -1.40. The van der Waals surface area contributed by atoms with E-state index in [0.717, 1.165) is 17.7 Å². The smallest absolute Gasteiger partial charge is 0.323 e. The molecule has 1 aromatic rings. The minimum atomic E-state index is -1.03. The van der Waals surface area contributed by atoms with Gasteiger partial charge >= 0.3 is 5.97 Å². The van der Waals surface area contributed by atoms with Crippen molar-refractivity contribution < 1.29 is 18.5 Å². The molecular weight excluding hydrogens is 290 g/mol. The maximum absolute atomic E-state index is 11.9. The van der Waals surface area contributed by atoms with Crippen molar-refractivity contribution in [3.8, 4) is 5.75 Å². The van der Waals surface area contributed by atoms with Gasteiger partial charge in [0.1, 0.15) is 11.8 Å². The highest BCUT2D eigenvalue weighted by Gasteiger charge is 2.31. The molecule has 1 saturated heterocycles. The summed E-state index contributed by atoms with van der Waals surface area (Å²) in [5.41, 5.74) is 1.00. The van der Waals surface area contributed by atoms with Crippen molar-refractivity contribution in [1.82, 2.24) is 5.32 Å². The van der Waals surface area contributed by atoms with Crippen LogP contribution in [0.25, 0.3) is 0 Å². The lowest BCUT2D eigenvalue weighted by Crippen LogP contribution is -2.49. The summed E-state index contributed by atoms with van der Waals surface area (Å²) in [6.07, 6.45) is 0.964. The number of nitrogens with one attached hydrogen (secondary N) is 1. The minimum absolute atomic E-state index is 0.107. The van der Waals surface area contributed by atoms with Crippen molar-refractivity contribution in [2.24, 2.45) is 0 Å². The molecule has 0 aliphatic carbocycles. The lowest BCUT2D eigenvalue weighted by molar-refractivity contribution is -0.142. The average Bonchev–Trinajstić information content (AvgIpc) is 2.52. The Morgan fingerprint density at radius 2 is 2.05 bits per heavy atom. The molecule has 116 valence electrons. The summed E-state index contributed by atoms with van der Waals surface area (Å²) in [5, 5.41) is 3.21. The molecule has 6 heteroatoms. The van der Waals surface area contributed by atoms with Gasteiger partial charge < -0.3 is 9.47 Å². The molecule has 1 aliphatic rings. The summed E-state index contributed by atoms with van der Waals surface area (Å²) in [4.78, 5) is 11.6. The third kappa shape index (κ3) is 4.28. The fourth-order valence-electron chi connectivity index (χ4n) is 2.27. The predicted molar refractivity (Wildman–Crippen MR) is 81.8 cm³/mol. The Bertz CT molecular complexity index is 503. The van der Waals surface area contributed by atoms with Crippen LogP contribution in [0.2, 0.25) is 0 Å². The summed E-state index contributed by atoms with van der Waals surface area (Å²) in [5.74, 6) is 1.27. The highest BCUT2D eigenvalue weighted by molar-refractivity contribution is 7.85. The minimum Gasteiger partial charge on any atom is -0.494 e. The van der Waals surface area contributed by atoms with Crippen LogP contribution in [-0.4, -0.2) is 41.4 Å². The molecule has 1 heterocycles. The van der Waals surface area contributed by atoms with Gasteiger partial charge in [-0.25, -0.2) is 0 Å². The SMILES string of the molecule is CCCOc1ccc(C2CS(=O)CC(C(=O)OC)N2)cc1. The maximum atomic E-state index is 11.9. The summed E-state index contributed by atoms with van der Waals surface area (Å²) < 4.78 is 22.2. The Labute approximate surface area is 127 Å². The molecule has 1 fully saturated rings. The molecule has 0 amide bonds. The molecule has 3 atom stereocenters. The molecule has 1 N–H and O–H groups in total. The Morgan fingerprint density at radius 1 is 1.33 bits per heavy atom. The number of hydrogen-bond donors (Lipinski definition) is 1. The highest BCUT2D eigenvalue weighted by atomic mass is 32.2. The van der Waals surface area contributed by atoms with Crippen LogP contribution in [0.15, 0.2) is 24.3 Å². The van der Waals surface area contributed by atoms with Crippen LogP contribution in [-0.2, 0) is 20.3 Å². The number of ether oxygens (including phenoxy) is 2. The molecule has 0 aromatic heterocycles. The van der Waals surface area contributed by atoms with Crippen molar-refractivity contribution in [3.05, 3.63) is 29.8 Å². The van der Waals surface area contributed by atoms with E-state index in [4.69, 9.17) is 9.47 Å². The van der Waals surface area contributed by atoms with E-state index in [0.29, 0.717) is 18.1 Å². The summed E-state index contributed by atoms with van der Waals surface area (Å²) in [6, 6.07) is 7.07. The zero-order valence-electron chi connectivity index (χ0n) is 12.3. The first-order chi connectivity index (χ1) is 10.1. The first-order valence-corrected chi connectivity index (χ1v) is 8.54. The van der Waals surface area contributed by atoms with Gasteiger partial charge in [0.15, 0.2) is 0 Å². The maximum Gasteiger partial charge on any atom is 0.323 e. The molecule has 1 aliphatic heterocycles. The largest absolute Gasteiger partial charge is 0.494 e. The van der Waals surface area contributed by atoms with E-state index in [1.54, 1.807) is 0 Å². The highest BCUT2D eigenvalue weighted by Crippen LogP contribution is 2.22. The van der Waals surface area contributed by atoms with Crippen LogP contribution < -0.4 is 10.1 Å². The van der Waals surface area contributed by atoms with Gasteiger partial charge in [0.25, 0.3) is 0 Å². The molecule has 0 saturated carbocycles. The number of carbonyl (C=O) groups is 1. The van der Waals surface area contributed by atoms with Gasteiger partial charge in [-0.3, -0.25) is 14.3 Å². The first-order valence-electron chi connectivity index (χ1n) is 7.05. The van der Waals surface area contributed by atoms with Gasteiger partial charge in [-0.15, -0.1) is 0 Å². The van der Waals surface area contributed by atoms with Crippen LogP contribution >= 0.6 is 0 Å². The van der Waals surface area contributed by atoms with E-state index < -0.39 is 16.8 Å². The van der Waals surface area contributed by atoms with Crippen LogP contribution in [0, 0.1) is 0 Å². The second-order valence-electron chi connectivity index (χ2n) is 4.99. The van der Waals surface area contributed by atoms with Gasteiger partial charge in [-0.2, -0.15) is 0 Å². The lowest BCUT2D eigenvalue weighted by atomic mass is 10.1. The molecule has 5 nitrogen and oxygen atoms in total. The summed E-state index contributed by atoms with van der Waals surface area (Å²) in [7, 11) is 0.316. The van der Waals surface area contributed by atoms with Crippen molar-refractivity contribution in [2.45, 2.75) is 25.4 Å². The van der Waals surface area contributed by atoms with E-state index in [1.807, 2.05) is 24.3 Å². The number of carbonyl (C=O) groups excluding carboxylic acids is 1. The molecule has 3 unspecified atom stereocenters. The van der Waals surface area contributed by atoms with E-state index in [-0.39, 0.29) is 12.0 Å². The topological polar surface area (TPSA) is 64.6 Å². The molecule has 1 aromatic carbocycles. The summed E-state index contributed by atoms with van der Waals surface area (Å²) in [6.45, 7) is 2.75. The van der Waals surface area contributed by atoms with Gasteiger partial charge in [-0.1, -0.05) is 19.1 Å². The van der Waals surface area contributed by atoms with Gasteiger partial charge in [0, 0.05) is 28.3 Å². The van der Waals surface area contributed by atoms with Crippen molar-refractivity contribution in [1.29, 1.82) is 0 Å². The predicted octanol–water partition coefficient (Wildman–Crippen LogP) is 1.41. The van der Waals surface area contributed by atoms with Crippen molar-refractivity contribution >= 4 is 16.8 Å². The number of benzene rings is 1. The van der Waals surface area contributed by atoms with Gasteiger partial charge in [-0.05, 0) is 24.1 Å². The third-order valence-electron chi connectivity index (χ3n) is 3.35. The van der Waals surface area contributed by atoms with E-state index in [9.17, 15) is 9.00 Å². The number of hydrogen-bond acceptors (Lipinski definition) is 5. The second-order valence-corrected chi connectivity index (χ2v) is 6.53. The Balaban J connectivity index is 2.06. The van der Waals surface area contributed by atoms with Gasteiger partial charge in [0.05, 0.1) is 13.7 Å². The van der Waals surface area contributed by atoms with Crippen LogP contribution in [0.1, 0.15) is 24.9 Å². The quantitative estimate of drug-likeness (QED) is 0.833. The first kappa shape index (κ1) is 16.0. The lowest BCUT2D eigenvalue weighted by Gasteiger charge is -2.29. The zero-order chi connectivity index (χ0) is 15.2. The zero-order valence-corrected chi connectivity index (χ0v) is 13.2. The Kier molecular flexibility index (Phi) is 5.76. The molecule has 0 radical (unpaired) electrons. The second kappa shape index (κ2) is 7.56. The summed E-state index contributed by atoms with van der Waals surface area (Å²) >= 11 is 0. The van der Waals surface area contributed by atoms with E-state index in [1.165, 1.54) is 7.11 Å². The number of esters is 1. The van der Waals surface area contributed by atoms with Crippen molar-refractivity contribution in [2.75, 3.05) is 25.2 Å². The normalized spacial score (nSPS) is 25.3. The standard InChI is InChI=1S/C15H21NO4S/c1-3-8-20-12-6-4-11(5-7-12)13-9-21(18)10-14(16-13)15(17)19-2/h4-7,13-14,16H,3,8-10H2,1-2H3. The number of rotatable bonds is 5. The van der Waals surface area contributed by atoms with Crippen LogP contribution in [0.3, 0.4) is 0 Å². The Morgan fingerprint density at radius 3 is 2.67 bits per heavy atom. The van der Waals surface area contributed by atoms with Gasteiger partial charge in [0.2, 0.25) is 0 Å². The molecule has 21 heavy (non-hydrogen) atoms. The van der Waals surface area contributed by atoms with Crippen molar-refractivity contribution in [3.63, 3.8) is 0 Å². The van der Waals surface area contributed by atoms with E-state index >= 15 is 0 Å². The van der Waals surface area contributed by atoms with Crippen LogP contribution in [0.5, 0.6) is 5.75 Å². The fraction of sp³-hybridized carbons (Fsp3) is 0.533. The third-order valence-corrected chi connectivity index (χ3v) is 4.76. The number of methoxy groups -OCH3 is 1.